The molecule has 3 aromatic rings. The molecule has 0 spiro atoms. The van der Waals surface area contributed by atoms with Gasteiger partial charge in [0.1, 0.15) is 0 Å². The number of benzene rings is 3. The van der Waals surface area contributed by atoms with E-state index in [1.54, 1.807) is 30.3 Å². The topological polar surface area (TPSA) is 44.8 Å². The van der Waals surface area contributed by atoms with E-state index in [-0.39, 0.29) is 13.2 Å². The molecule has 0 unspecified atom stereocenters. The van der Waals surface area contributed by atoms with Gasteiger partial charge in [0.2, 0.25) is 0 Å². The minimum absolute atomic E-state index is 0.0384. The predicted molar refractivity (Wildman–Crippen MR) is 133 cm³/mol. The van der Waals surface area contributed by atoms with Gasteiger partial charge in [-0.05, 0) is 0 Å². The fourth-order valence-corrected chi connectivity index (χ4v) is 5.29. The zero-order valence-electron chi connectivity index (χ0n) is 19.4. The number of alkyl halides is 2. The van der Waals surface area contributed by atoms with Crippen LogP contribution in [0.5, 0.6) is 0 Å². The molecule has 0 amide bonds. The minimum atomic E-state index is -3.38. The second-order valence-electron chi connectivity index (χ2n) is 7.77. The number of carbonyl (C=O) groups is 1. The monoisotopic (exact) mass is 546 g/mol. The Morgan fingerprint density at radius 2 is 1.37 bits per heavy atom. The molecule has 0 radical (unpaired) electrons. The number of hydrogen-bond donors (Lipinski definition) is 0. The molecule has 184 valence electrons. The predicted octanol–water partition coefficient (Wildman–Crippen LogP) is 4.90. The molecule has 0 bridgehead atoms. The third-order valence-electron chi connectivity index (χ3n) is 5.05. The molecule has 0 aliphatic rings. The second-order valence-corrected chi connectivity index (χ2v) is 10.3. The van der Waals surface area contributed by atoms with Crippen LogP contribution in [0.1, 0.15) is 18.1 Å². The molecule has 3 rings (SSSR count). The molecule has 0 aromatic heterocycles. The molecule has 0 aliphatic heterocycles. The van der Waals surface area contributed by atoms with Gasteiger partial charge in [-0.1, -0.05) is 0 Å². The first-order valence-corrected chi connectivity index (χ1v) is 12.8. The molecule has 0 fully saturated rings. The Morgan fingerprint density at radius 3 is 1.86 bits per heavy atom. The Bertz CT molecular complexity index is 1050. The van der Waals surface area contributed by atoms with E-state index in [0.717, 1.165) is 18.1 Å². The fourth-order valence-electron chi connectivity index (χ4n) is 3.39. The van der Waals surface area contributed by atoms with E-state index in [9.17, 15) is 4.79 Å². The number of rotatable bonds is 13. The van der Waals surface area contributed by atoms with Crippen LogP contribution in [0, 0.1) is 0 Å². The van der Waals surface area contributed by atoms with Crippen LogP contribution in [-0.2, 0) is 32.2 Å². The summed E-state index contributed by atoms with van der Waals surface area (Å²) in [6.45, 7) is 5.10. The summed E-state index contributed by atoms with van der Waals surface area (Å²) >= 11 is -1.33. The van der Waals surface area contributed by atoms with E-state index in [2.05, 4.69) is 6.58 Å². The van der Waals surface area contributed by atoms with Gasteiger partial charge in [-0.25, -0.2) is 0 Å². The maximum atomic E-state index is 15.8. The van der Waals surface area contributed by atoms with Crippen molar-refractivity contribution in [2.24, 2.45) is 0 Å². The van der Waals surface area contributed by atoms with E-state index in [1.807, 2.05) is 60.7 Å². The fraction of sp³-hybridized carbons (Fsp3) is 0.250. The summed E-state index contributed by atoms with van der Waals surface area (Å²) in [6, 6.07) is 27.0. The average molecular weight is 545 g/mol. The number of ether oxygens (including phenoxy) is 3. The molecule has 0 N–H and O–H groups in total. The van der Waals surface area contributed by atoms with Gasteiger partial charge < -0.3 is 0 Å². The molecule has 3 atom stereocenters. The van der Waals surface area contributed by atoms with Gasteiger partial charge in [0.15, 0.2) is 0 Å². The molecule has 4 nitrogen and oxygen atoms in total. The Hall–Kier alpha value is -2.83. The van der Waals surface area contributed by atoms with Crippen molar-refractivity contribution in [3.05, 3.63) is 115 Å². The molecular formula is C28H28F2O4Se. The van der Waals surface area contributed by atoms with E-state index in [1.165, 1.54) is 6.08 Å². The zero-order valence-corrected chi connectivity index (χ0v) is 21.1. The van der Waals surface area contributed by atoms with Crippen LogP contribution in [0.4, 0.5) is 8.78 Å². The van der Waals surface area contributed by atoms with Crippen LogP contribution in [0.2, 0.25) is 0 Å². The number of hydrogen-bond acceptors (Lipinski definition) is 4. The SMILES string of the molecule is C=C[C@H](OCc1ccccc1)[C@@H](OCc1ccccc1)[C@H](OC(C)=O)C(F)(F)[Se]c1ccccc1. The quantitative estimate of drug-likeness (QED) is 0.174. The number of carbonyl (C=O) groups excluding carboxylic acids is 1. The van der Waals surface area contributed by atoms with Crippen molar-refractivity contribution in [1.29, 1.82) is 0 Å². The van der Waals surface area contributed by atoms with Gasteiger partial charge in [0, 0.05) is 0 Å². The Kier molecular flexibility index (Phi) is 10.2. The van der Waals surface area contributed by atoms with Crippen LogP contribution in [-0.4, -0.2) is 44.1 Å². The Labute approximate surface area is 211 Å². The van der Waals surface area contributed by atoms with Crippen molar-refractivity contribution in [2.45, 2.75) is 43.3 Å². The molecule has 35 heavy (non-hydrogen) atoms. The molecule has 7 heteroatoms. The molecular weight excluding hydrogens is 517 g/mol. The van der Waals surface area contributed by atoms with Crippen molar-refractivity contribution in [2.75, 3.05) is 0 Å². The third-order valence-corrected chi connectivity index (χ3v) is 7.17. The average Bonchev–Trinajstić information content (AvgIpc) is 2.86. The van der Waals surface area contributed by atoms with Crippen LogP contribution in [0.3, 0.4) is 0 Å². The van der Waals surface area contributed by atoms with Crippen molar-refractivity contribution in [3.63, 3.8) is 0 Å². The normalized spacial score (nSPS) is 14.0. The van der Waals surface area contributed by atoms with E-state index < -0.39 is 44.1 Å². The van der Waals surface area contributed by atoms with Crippen LogP contribution in [0.25, 0.3) is 0 Å². The van der Waals surface area contributed by atoms with Gasteiger partial charge in [-0.2, -0.15) is 0 Å². The Morgan fingerprint density at radius 1 is 0.886 bits per heavy atom. The first-order chi connectivity index (χ1) is 16.9. The standard InChI is InChI=1S/C28H28F2O4Se/c1-3-25(32-19-22-13-7-4-8-14-22)26(33-20-23-15-9-5-10-16-23)27(34-21(2)31)28(29,30)35-24-17-11-6-12-18-24/h3-18,25-27H,1,19-20H2,2H3/t25-,26+,27-/m0/s1. The van der Waals surface area contributed by atoms with Gasteiger partial charge in [-0.3, -0.25) is 0 Å². The van der Waals surface area contributed by atoms with E-state index in [0.29, 0.717) is 4.46 Å². The summed E-state index contributed by atoms with van der Waals surface area (Å²) < 4.78 is 49.2. The third kappa shape index (κ3) is 8.41. The second kappa shape index (κ2) is 13.3. The molecule has 0 aliphatic carbocycles. The van der Waals surface area contributed by atoms with Gasteiger partial charge in [0.05, 0.1) is 0 Å². The number of halogens is 2. The summed E-state index contributed by atoms with van der Waals surface area (Å²) in [5, 5.41) is 0. The summed E-state index contributed by atoms with van der Waals surface area (Å²) in [5.74, 6) is -0.822. The summed E-state index contributed by atoms with van der Waals surface area (Å²) in [4.78, 5) is 8.58. The van der Waals surface area contributed by atoms with Gasteiger partial charge in [-0.15, -0.1) is 0 Å². The molecule has 3 aromatic carbocycles. The van der Waals surface area contributed by atoms with Crippen LogP contribution >= 0.6 is 0 Å². The first-order valence-electron chi connectivity index (χ1n) is 11.1. The molecule has 0 saturated heterocycles. The van der Waals surface area contributed by atoms with Crippen LogP contribution in [0.15, 0.2) is 104 Å². The first kappa shape index (κ1) is 26.8. The number of esters is 1. The summed E-state index contributed by atoms with van der Waals surface area (Å²) in [5.41, 5.74) is 1.66. The molecule has 0 heterocycles. The maximum absolute atomic E-state index is 15.8. The van der Waals surface area contributed by atoms with Crippen molar-refractivity contribution in [3.8, 4) is 0 Å². The van der Waals surface area contributed by atoms with Gasteiger partial charge >= 0.3 is 211 Å². The van der Waals surface area contributed by atoms with Crippen molar-refractivity contribution in [1.82, 2.24) is 0 Å². The van der Waals surface area contributed by atoms with E-state index in [4.69, 9.17) is 14.2 Å². The van der Waals surface area contributed by atoms with Crippen LogP contribution < -0.4 is 4.46 Å². The van der Waals surface area contributed by atoms with E-state index >= 15 is 8.78 Å². The zero-order chi connectivity index (χ0) is 25.1. The molecule has 0 saturated carbocycles. The summed E-state index contributed by atoms with van der Waals surface area (Å²) in [7, 11) is 0. The van der Waals surface area contributed by atoms with Gasteiger partial charge in [0.25, 0.3) is 0 Å². The van der Waals surface area contributed by atoms with Crippen molar-refractivity contribution < 1.29 is 27.8 Å². The summed E-state index contributed by atoms with van der Waals surface area (Å²) in [6.07, 6.45) is -2.70. The Balaban J connectivity index is 1.90. The van der Waals surface area contributed by atoms with Crippen molar-refractivity contribution >= 4 is 25.4 Å².